The number of benzene rings is 2. The van der Waals surface area contributed by atoms with Crippen LogP contribution >= 0.6 is 11.8 Å². The quantitative estimate of drug-likeness (QED) is 0.550. The summed E-state index contributed by atoms with van der Waals surface area (Å²) >= 11 is 1.29. The van der Waals surface area contributed by atoms with E-state index in [0.29, 0.717) is 15.8 Å². The van der Waals surface area contributed by atoms with Crippen molar-refractivity contribution in [3.8, 4) is 5.69 Å². The molecule has 1 aliphatic heterocycles. The zero-order valence-electron chi connectivity index (χ0n) is 17.3. The first-order valence-corrected chi connectivity index (χ1v) is 10.5. The molecule has 0 radical (unpaired) electrons. The predicted molar refractivity (Wildman–Crippen MR) is 122 cm³/mol. The standard InChI is InChI=1S/C24H22FN3OS/c1-14-6-5-7-15(2)22(14)28-16(3)12-18(17(28)4)13-21-23(29)27-24(30-21)26-20-10-8-19(25)9-11-20/h5-13H,1-4H3,(H,26,27,29). The monoisotopic (exact) mass is 419 g/mol. The van der Waals surface area contributed by atoms with Crippen LogP contribution in [0.15, 0.2) is 58.4 Å². The largest absolute Gasteiger partial charge is 0.317 e. The summed E-state index contributed by atoms with van der Waals surface area (Å²) in [7, 11) is 0. The van der Waals surface area contributed by atoms with E-state index in [1.807, 2.05) is 6.08 Å². The van der Waals surface area contributed by atoms with Crippen LogP contribution in [0.25, 0.3) is 11.8 Å². The molecule has 0 atom stereocenters. The zero-order chi connectivity index (χ0) is 21.4. The van der Waals surface area contributed by atoms with Gasteiger partial charge < -0.3 is 9.88 Å². The molecule has 1 aliphatic rings. The number of nitrogens with zero attached hydrogens (tertiary/aromatic N) is 2. The molecule has 0 bridgehead atoms. The molecule has 1 amide bonds. The molecule has 4 rings (SSSR count). The average Bonchev–Trinajstić information content (AvgIpc) is 3.17. The molecule has 0 spiro atoms. The Morgan fingerprint density at radius 2 is 1.70 bits per heavy atom. The van der Waals surface area contributed by atoms with Crippen molar-refractivity contribution >= 4 is 34.6 Å². The third-order valence-corrected chi connectivity index (χ3v) is 6.04. The van der Waals surface area contributed by atoms with Crippen molar-refractivity contribution in [2.45, 2.75) is 27.7 Å². The van der Waals surface area contributed by atoms with E-state index in [-0.39, 0.29) is 11.7 Å². The normalized spacial score (nSPS) is 16.5. The number of aromatic nitrogens is 1. The second-order valence-corrected chi connectivity index (χ2v) is 8.39. The number of para-hydroxylation sites is 1. The lowest BCUT2D eigenvalue weighted by atomic mass is 10.1. The molecule has 3 aromatic rings. The van der Waals surface area contributed by atoms with Gasteiger partial charge in [0.05, 0.1) is 16.3 Å². The van der Waals surface area contributed by atoms with Gasteiger partial charge in [0.15, 0.2) is 5.17 Å². The number of aliphatic imine (C=N–C) groups is 1. The highest BCUT2D eigenvalue weighted by Crippen LogP contribution is 2.31. The molecule has 152 valence electrons. The van der Waals surface area contributed by atoms with E-state index < -0.39 is 0 Å². The molecule has 1 N–H and O–H groups in total. The molecule has 0 unspecified atom stereocenters. The number of amidine groups is 1. The Kier molecular flexibility index (Phi) is 5.35. The first-order chi connectivity index (χ1) is 14.3. The molecule has 4 nitrogen and oxygen atoms in total. The van der Waals surface area contributed by atoms with E-state index in [4.69, 9.17) is 0 Å². The summed E-state index contributed by atoms with van der Waals surface area (Å²) in [6, 6.07) is 14.2. The molecular weight excluding hydrogens is 397 g/mol. The maximum Gasteiger partial charge on any atom is 0.264 e. The summed E-state index contributed by atoms with van der Waals surface area (Å²) < 4.78 is 15.3. The molecule has 2 aromatic carbocycles. The van der Waals surface area contributed by atoms with Crippen molar-refractivity contribution in [3.05, 3.63) is 87.3 Å². The number of hydrogen-bond donors (Lipinski definition) is 1. The van der Waals surface area contributed by atoms with Crippen LogP contribution < -0.4 is 5.32 Å². The number of rotatable bonds is 3. The molecule has 1 aromatic heterocycles. The summed E-state index contributed by atoms with van der Waals surface area (Å²) in [5.41, 5.74) is 7.37. The minimum Gasteiger partial charge on any atom is -0.317 e. The van der Waals surface area contributed by atoms with Crippen LogP contribution in [0.4, 0.5) is 10.1 Å². The van der Waals surface area contributed by atoms with E-state index in [2.05, 4.69) is 66.8 Å². The highest BCUT2D eigenvalue weighted by Gasteiger charge is 2.25. The molecule has 30 heavy (non-hydrogen) atoms. The molecule has 6 heteroatoms. The highest BCUT2D eigenvalue weighted by atomic mass is 32.2. The first-order valence-electron chi connectivity index (χ1n) is 9.64. The fraction of sp³-hybridized carbons (Fsp3) is 0.167. The summed E-state index contributed by atoms with van der Waals surface area (Å²) in [5.74, 6) is -0.500. The van der Waals surface area contributed by atoms with Gasteiger partial charge in [-0.3, -0.25) is 4.79 Å². The predicted octanol–water partition coefficient (Wildman–Crippen LogP) is 5.74. The molecule has 1 saturated heterocycles. The lowest BCUT2D eigenvalue weighted by Gasteiger charge is -2.15. The second-order valence-electron chi connectivity index (χ2n) is 7.36. The topological polar surface area (TPSA) is 46.4 Å². The fourth-order valence-electron chi connectivity index (χ4n) is 3.69. The summed E-state index contributed by atoms with van der Waals surface area (Å²) in [6.45, 7) is 8.36. The number of hydrogen-bond acceptors (Lipinski definition) is 3. The lowest BCUT2D eigenvalue weighted by Crippen LogP contribution is -2.19. The Hall–Kier alpha value is -3.12. The summed E-state index contributed by atoms with van der Waals surface area (Å²) in [4.78, 5) is 17.4. The molecular formula is C24H22FN3OS. The summed E-state index contributed by atoms with van der Waals surface area (Å²) in [5, 5.41) is 3.27. The third-order valence-electron chi connectivity index (χ3n) is 5.13. The maximum atomic E-state index is 13.1. The van der Waals surface area contributed by atoms with Crippen LogP contribution in [0, 0.1) is 33.5 Å². The Bertz CT molecular complexity index is 1190. The van der Waals surface area contributed by atoms with E-state index in [0.717, 1.165) is 17.0 Å². The van der Waals surface area contributed by atoms with Gasteiger partial charge in [-0.05, 0) is 92.6 Å². The zero-order valence-corrected chi connectivity index (χ0v) is 18.1. The number of aryl methyl sites for hydroxylation is 3. The van der Waals surface area contributed by atoms with Crippen LogP contribution in [-0.2, 0) is 4.79 Å². The van der Waals surface area contributed by atoms with E-state index in [1.54, 1.807) is 12.1 Å². The Morgan fingerprint density at radius 1 is 1.03 bits per heavy atom. The molecule has 1 fully saturated rings. The van der Waals surface area contributed by atoms with Gasteiger partial charge in [0, 0.05) is 11.4 Å². The number of thioether (sulfide) groups is 1. The van der Waals surface area contributed by atoms with Gasteiger partial charge in [-0.15, -0.1) is 0 Å². The van der Waals surface area contributed by atoms with Crippen LogP contribution in [0.3, 0.4) is 0 Å². The number of carbonyl (C=O) groups excluding carboxylic acids is 1. The Morgan fingerprint density at radius 3 is 2.37 bits per heavy atom. The number of halogens is 1. The molecule has 0 aliphatic carbocycles. The van der Waals surface area contributed by atoms with Gasteiger partial charge >= 0.3 is 0 Å². The van der Waals surface area contributed by atoms with Crippen molar-refractivity contribution in [1.29, 1.82) is 0 Å². The van der Waals surface area contributed by atoms with Crippen LogP contribution in [0.5, 0.6) is 0 Å². The van der Waals surface area contributed by atoms with Crippen molar-refractivity contribution in [2.75, 3.05) is 0 Å². The van der Waals surface area contributed by atoms with E-state index in [1.165, 1.54) is 40.7 Å². The fourth-order valence-corrected chi connectivity index (χ4v) is 4.52. The van der Waals surface area contributed by atoms with E-state index >= 15 is 0 Å². The Balaban J connectivity index is 1.67. The minimum absolute atomic E-state index is 0.183. The average molecular weight is 420 g/mol. The van der Waals surface area contributed by atoms with Gasteiger partial charge in [-0.25, -0.2) is 9.38 Å². The number of carbonyl (C=O) groups is 1. The van der Waals surface area contributed by atoms with Gasteiger partial charge in [-0.2, -0.15) is 0 Å². The van der Waals surface area contributed by atoms with Crippen LogP contribution in [-0.4, -0.2) is 15.6 Å². The SMILES string of the molecule is Cc1cccc(C)c1-n1c(C)cc(C=C2SC(=Nc3ccc(F)cc3)NC2=O)c1C. The smallest absolute Gasteiger partial charge is 0.264 e. The molecule has 2 heterocycles. The highest BCUT2D eigenvalue weighted by molar-refractivity contribution is 8.18. The van der Waals surface area contributed by atoms with Crippen molar-refractivity contribution in [3.63, 3.8) is 0 Å². The number of nitrogens with one attached hydrogen (secondary N) is 1. The third kappa shape index (κ3) is 3.83. The molecule has 0 saturated carbocycles. The van der Waals surface area contributed by atoms with Crippen molar-refractivity contribution in [1.82, 2.24) is 9.88 Å². The van der Waals surface area contributed by atoms with Gasteiger partial charge in [0.2, 0.25) is 0 Å². The first kappa shape index (κ1) is 20.2. The Labute approximate surface area is 179 Å². The van der Waals surface area contributed by atoms with Crippen molar-refractivity contribution in [2.24, 2.45) is 4.99 Å². The van der Waals surface area contributed by atoms with Gasteiger partial charge in [-0.1, -0.05) is 18.2 Å². The number of amides is 1. The van der Waals surface area contributed by atoms with Crippen molar-refractivity contribution < 1.29 is 9.18 Å². The van der Waals surface area contributed by atoms with Crippen LogP contribution in [0.1, 0.15) is 28.1 Å². The lowest BCUT2D eigenvalue weighted by molar-refractivity contribution is -0.115. The minimum atomic E-state index is -0.318. The van der Waals surface area contributed by atoms with E-state index in [9.17, 15) is 9.18 Å². The van der Waals surface area contributed by atoms with Crippen LogP contribution in [0.2, 0.25) is 0 Å². The van der Waals surface area contributed by atoms with Gasteiger partial charge in [0.1, 0.15) is 5.82 Å². The van der Waals surface area contributed by atoms with Gasteiger partial charge in [0.25, 0.3) is 5.91 Å². The second kappa shape index (κ2) is 7.95. The maximum absolute atomic E-state index is 13.1. The summed E-state index contributed by atoms with van der Waals surface area (Å²) in [6.07, 6.45) is 1.90.